The van der Waals surface area contributed by atoms with Crippen LogP contribution in [-0.4, -0.2) is 24.7 Å². The smallest absolute Gasteiger partial charge is 0.283 e. The maximum absolute atomic E-state index is 13.1. The van der Waals surface area contributed by atoms with Gasteiger partial charge in [-0.05, 0) is 41.1 Å². The summed E-state index contributed by atoms with van der Waals surface area (Å²) in [6.45, 7) is 0.313. The first-order chi connectivity index (χ1) is 14.1. The van der Waals surface area contributed by atoms with Gasteiger partial charge >= 0.3 is 0 Å². The SMILES string of the molecule is C#CCn1c(=NC(=O)c2cc3ccccc3cc2OC)sc2cc(OC)ccc21. The van der Waals surface area contributed by atoms with Crippen molar-refractivity contribution in [3.05, 3.63) is 65.0 Å². The molecule has 0 bridgehead atoms. The number of nitrogens with zero attached hydrogens (tertiary/aromatic N) is 2. The van der Waals surface area contributed by atoms with Gasteiger partial charge in [0, 0.05) is 0 Å². The summed E-state index contributed by atoms with van der Waals surface area (Å²) < 4.78 is 13.5. The second kappa shape index (κ2) is 7.82. The summed E-state index contributed by atoms with van der Waals surface area (Å²) in [5.74, 6) is 3.48. The Hall–Kier alpha value is -3.56. The highest BCUT2D eigenvalue weighted by molar-refractivity contribution is 7.16. The minimum atomic E-state index is -0.378. The van der Waals surface area contributed by atoms with Gasteiger partial charge in [-0.1, -0.05) is 41.5 Å². The first-order valence-electron chi connectivity index (χ1n) is 8.91. The van der Waals surface area contributed by atoms with E-state index in [1.54, 1.807) is 14.2 Å². The van der Waals surface area contributed by atoms with Crippen LogP contribution in [0.5, 0.6) is 11.5 Å². The molecule has 0 N–H and O–H groups in total. The van der Waals surface area contributed by atoms with Gasteiger partial charge in [0.25, 0.3) is 5.91 Å². The Kier molecular flexibility index (Phi) is 5.07. The number of carbonyl (C=O) groups is 1. The number of methoxy groups -OCH3 is 2. The standard InChI is InChI=1S/C23H18N2O3S/c1-4-11-25-19-10-9-17(27-2)14-21(19)29-23(25)24-22(26)18-12-15-7-5-6-8-16(15)13-20(18)28-3/h1,5-10,12-14H,11H2,2-3H3. The predicted molar refractivity (Wildman–Crippen MR) is 116 cm³/mol. The van der Waals surface area contributed by atoms with E-state index in [1.165, 1.54) is 11.3 Å². The lowest BCUT2D eigenvalue weighted by molar-refractivity contribution is 0.0995. The Balaban J connectivity index is 1.88. The lowest BCUT2D eigenvalue weighted by Crippen LogP contribution is -2.16. The van der Waals surface area contributed by atoms with Gasteiger partial charge in [0.15, 0.2) is 4.80 Å². The van der Waals surface area contributed by atoms with Crippen LogP contribution in [0, 0.1) is 12.3 Å². The molecule has 1 amide bonds. The number of aromatic nitrogens is 1. The zero-order valence-corrected chi connectivity index (χ0v) is 16.8. The molecule has 4 aromatic rings. The largest absolute Gasteiger partial charge is 0.497 e. The van der Waals surface area contributed by atoms with Gasteiger partial charge in [0.1, 0.15) is 11.5 Å². The first kappa shape index (κ1) is 18.8. The molecule has 6 heteroatoms. The van der Waals surface area contributed by atoms with Crippen molar-refractivity contribution in [2.24, 2.45) is 4.99 Å². The third-order valence-corrected chi connectivity index (χ3v) is 5.68. The molecule has 0 atom stereocenters. The predicted octanol–water partition coefficient (Wildman–Crippen LogP) is 4.25. The molecule has 0 fully saturated rings. The summed E-state index contributed by atoms with van der Waals surface area (Å²) in [4.78, 5) is 18.0. The van der Waals surface area contributed by atoms with E-state index in [2.05, 4.69) is 10.9 Å². The van der Waals surface area contributed by atoms with E-state index in [-0.39, 0.29) is 5.91 Å². The number of fused-ring (bicyclic) bond motifs is 2. The van der Waals surface area contributed by atoms with Crippen molar-refractivity contribution in [3.8, 4) is 23.8 Å². The fourth-order valence-corrected chi connectivity index (χ4v) is 4.27. The molecule has 0 unspecified atom stereocenters. The van der Waals surface area contributed by atoms with Gasteiger partial charge in [-0.3, -0.25) is 4.79 Å². The molecular formula is C23H18N2O3S. The van der Waals surface area contributed by atoms with Crippen LogP contribution in [0.15, 0.2) is 59.6 Å². The molecular weight excluding hydrogens is 384 g/mol. The average molecular weight is 402 g/mol. The summed E-state index contributed by atoms with van der Waals surface area (Å²) in [6.07, 6.45) is 5.55. The fraction of sp³-hybridized carbons (Fsp3) is 0.130. The normalized spacial score (nSPS) is 11.6. The highest BCUT2D eigenvalue weighted by Crippen LogP contribution is 2.27. The Morgan fingerprint density at radius 1 is 1.10 bits per heavy atom. The molecule has 3 aromatic carbocycles. The Morgan fingerprint density at radius 2 is 1.86 bits per heavy atom. The molecule has 0 radical (unpaired) electrons. The maximum Gasteiger partial charge on any atom is 0.283 e. The molecule has 29 heavy (non-hydrogen) atoms. The highest BCUT2D eigenvalue weighted by atomic mass is 32.1. The van der Waals surface area contributed by atoms with E-state index in [9.17, 15) is 4.79 Å². The third kappa shape index (κ3) is 3.48. The molecule has 0 aliphatic heterocycles. The zero-order chi connectivity index (χ0) is 20.4. The van der Waals surface area contributed by atoms with Crippen molar-refractivity contribution in [3.63, 3.8) is 0 Å². The molecule has 5 nitrogen and oxygen atoms in total. The van der Waals surface area contributed by atoms with Crippen LogP contribution in [0.25, 0.3) is 21.0 Å². The molecule has 1 aromatic heterocycles. The summed E-state index contributed by atoms with van der Waals surface area (Å²) in [5.41, 5.74) is 1.32. The van der Waals surface area contributed by atoms with Crippen LogP contribution in [0.2, 0.25) is 0 Å². The topological polar surface area (TPSA) is 52.8 Å². The van der Waals surface area contributed by atoms with Gasteiger partial charge in [-0.25, -0.2) is 0 Å². The number of thiazole rings is 1. The van der Waals surface area contributed by atoms with Crippen LogP contribution in [0.4, 0.5) is 0 Å². The van der Waals surface area contributed by atoms with Crippen molar-refractivity contribution in [1.29, 1.82) is 0 Å². The molecule has 0 saturated heterocycles. The Bertz CT molecular complexity index is 1340. The number of rotatable bonds is 4. The van der Waals surface area contributed by atoms with Gasteiger partial charge in [0.2, 0.25) is 0 Å². The third-order valence-electron chi connectivity index (χ3n) is 4.63. The molecule has 0 aliphatic carbocycles. The van der Waals surface area contributed by atoms with Gasteiger partial charge in [-0.15, -0.1) is 6.42 Å². The Labute approximate surface area is 171 Å². The van der Waals surface area contributed by atoms with E-state index >= 15 is 0 Å². The minimum Gasteiger partial charge on any atom is -0.497 e. The number of terminal acetylenes is 1. The summed E-state index contributed by atoms with van der Waals surface area (Å²) in [5, 5.41) is 1.95. The fourth-order valence-electron chi connectivity index (χ4n) is 3.21. The molecule has 4 rings (SSSR count). The molecule has 0 saturated carbocycles. The van der Waals surface area contributed by atoms with Crippen molar-refractivity contribution < 1.29 is 14.3 Å². The maximum atomic E-state index is 13.1. The minimum absolute atomic E-state index is 0.313. The van der Waals surface area contributed by atoms with Gasteiger partial charge in [-0.2, -0.15) is 4.99 Å². The van der Waals surface area contributed by atoms with Crippen molar-refractivity contribution in [1.82, 2.24) is 4.57 Å². The van der Waals surface area contributed by atoms with Gasteiger partial charge < -0.3 is 14.0 Å². The van der Waals surface area contributed by atoms with Crippen molar-refractivity contribution >= 4 is 38.2 Å². The van der Waals surface area contributed by atoms with Crippen molar-refractivity contribution in [2.45, 2.75) is 6.54 Å². The second-order valence-electron chi connectivity index (χ2n) is 6.33. The van der Waals surface area contributed by atoms with Crippen LogP contribution >= 0.6 is 11.3 Å². The van der Waals surface area contributed by atoms with E-state index in [4.69, 9.17) is 15.9 Å². The number of amides is 1. The summed E-state index contributed by atoms with van der Waals surface area (Å²) >= 11 is 1.39. The number of hydrogen-bond acceptors (Lipinski definition) is 4. The van der Waals surface area contributed by atoms with E-state index < -0.39 is 0 Å². The van der Waals surface area contributed by atoms with Crippen LogP contribution in [0.1, 0.15) is 10.4 Å². The Morgan fingerprint density at radius 3 is 2.55 bits per heavy atom. The lowest BCUT2D eigenvalue weighted by atomic mass is 10.1. The van der Waals surface area contributed by atoms with Crippen LogP contribution < -0.4 is 14.3 Å². The monoisotopic (exact) mass is 402 g/mol. The van der Waals surface area contributed by atoms with E-state index in [1.807, 2.05) is 59.2 Å². The number of benzene rings is 3. The quantitative estimate of drug-likeness (QED) is 0.480. The first-order valence-corrected chi connectivity index (χ1v) is 9.73. The van der Waals surface area contributed by atoms with Crippen LogP contribution in [0.3, 0.4) is 0 Å². The summed E-state index contributed by atoms with van der Waals surface area (Å²) in [6, 6.07) is 17.2. The molecule has 1 heterocycles. The van der Waals surface area contributed by atoms with Gasteiger partial charge in [0.05, 0.1) is 36.5 Å². The lowest BCUT2D eigenvalue weighted by Gasteiger charge is -2.07. The van der Waals surface area contributed by atoms with Crippen LogP contribution in [-0.2, 0) is 6.54 Å². The number of ether oxygens (including phenoxy) is 2. The number of carbonyl (C=O) groups excluding carboxylic acids is 1. The number of hydrogen-bond donors (Lipinski definition) is 0. The highest BCUT2D eigenvalue weighted by Gasteiger charge is 2.15. The average Bonchev–Trinajstić information content (AvgIpc) is 3.09. The van der Waals surface area contributed by atoms with E-state index in [0.717, 1.165) is 26.7 Å². The van der Waals surface area contributed by atoms with Crippen molar-refractivity contribution in [2.75, 3.05) is 14.2 Å². The molecule has 0 spiro atoms. The summed E-state index contributed by atoms with van der Waals surface area (Å²) in [7, 11) is 3.16. The second-order valence-corrected chi connectivity index (χ2v) is 7.33. The zero-order valence-electron chi connectivity index (χ0n) is 16.0. The molecule has 144 valence electrons. The molecule has 0 aliphatic rings. The van der Waals surface area contributed by atoms with E-state index in [0.29, 0.717) is 22.7 Å².